The van der Waals surface area contributed by atoms with Gasteiger partial charge in [0.1, 0.15) is 0 Å². The van der Waals surface area contributed by atoms with E-state index >= 15 is 0 Å². The highest BCUT2D eigenvalue weighted by Gasteiger charge is 2.32. The zero-order valence-corrected chi connectivity index (χ0v) is 19.0. The standard InChI is InChI=1S/C19H36N4O2.HI/c1-4-20-19(21-11-7-13-25-15(2)3)22-17-10-12-23(14-17)18(24)16-8-5-6-9-16;/h15-17H,4-14H2,1-3H3,(H2,20,21,22);1H. The third kappa shape index (κ3) is 7.98. The Kier molecular flexibility index (Phi) is 11.5. The highest BCUT2D eigenvalue weighted by atomic mass is 127. The molecule has 0 spiro atoms. The Hall–Kier alpha value is -0.570. The lowest BCUT2D eigenvalue weighted by molar-refractivity contribution is -0.134. The summed E-state index contributed by atoms with van der Waals surface area (Å²) < 4.78 is 5.55. The molecule has 1 heterocycles. The van der Waals surface area contributed by atoms with Crippen LogP contribution in [0.15, 0.2) is 4.99 Å². The van der Waals surface area contributed by atoms with Crippen molar-refractivity contribution in [2.45, 2.75) is 71.4 Å². The van der Waals surface area contributed by atoms with E-state index in [0.29, 0.717) is 11.9 Å². The summed E-state index contributed by atoms with van der Waals surface area (Å²) in [5.41, 5.74) is 0. The first-order valence-corrected chi connectivity index (χ1v) is 10.1. The van der Waals surface area contributed by atoms with Gasteiger partial charge in [0.15, 0.2) is 5.96 Å². The van der Waals surface area contributed by atoms with E-state index in [-0.39, 0.29) is 36.0 Å². The van der Waals surface area contributed by atoms with E-state index in [1.165, 1.54) is 12.8 Å². The summed E-state index contributed by atoms with van der Waals surface area (Å²) in [5.74, 6) is 1.50. The van der Waals surface area contributed by atoms with Gasteiger partial charge >= 0.3 is 0 Å². The average Bonchev–Trinajstić information content (AvgIpc) is 3.25. The summed E-state index contributed by atoms with van der Waals surface area (Å²) in [7, 11) is 0. The molecule has 2 rings (SSSR count). The molecular weight excluding hydrogens is 443 g/mol. The topological polar surface area (TPSA) is 66.0 Å². The fourth-order valence-electron chi connectivity index (χ4n) is 3.60. The van der Waals surface area contributed by atoms with Crippen LogP contribution in [0.2, 0.25) is 0 Å². The normalized spacial score (nSPS) is 21.2. The van der Waals surface area contributed by atoms with E-state index in [9.17, 15) is 4.79 Å². The van der Waals surface area contributed by atoms with E-state index in [2.05, 4.69) is 22.5 Å². The molecule has 0 bridgehead atoms. The molecule has 7 heteroatoms. The monoisotopic (exact) mass is 480 g/mol. The van der Waals surface area contributed by atoms with Gasteiger partial charge in [0.2, 0.25) is 5.91 Å². The first kappa shape index (κ1) is 23.5. The molecule has 0 aromatic carbocycles. The molecule has 0 aromatic heterocycles. The molecule has 2 N–H and O–H groups in total. The number of hydrogen-bond donors (Lipinski definition) is 2. The van der Waals surface area contributed by atoms with E-state index < -0.39 is 0 Å². The lowest BCUT2D eigenvalue weighted by Crippen LogP contribution is -2.45. The number of carbonyl (C=O) groups is 1. The van der Waals surface area contributed by atoms with Gasteiger partial charge in [-0.05, 0) is 46.5 Å². The van der Waals surface area contributed by atoms with E-state index in [0.717, 1.165) is 64.4 Å². The van der Waals surface area contributed by atoms with Crippen molar-refractivity contribution < 1.29 is 9.53 Å². The first-order valence-electron chi connectivity index (χ1n) is 10.1. The van der Waals surface area contributed by atoms with Gasteiger partial charge in [-0.25, -0.2) is 0 Å². The summed E-state index contributed by atoms with van der Waals surface area (Å²) in [6.45, 7) is 10.2. The molecule has 1 aliphatic carbocycles. The number of halogens is 1. The van der Waals surface area contributed by atoms with Crippen LogP contribution in [0.4, 0.5) is 0 Å². The number of hydrogen-bond acceptors (Lipinski definition) is 3. The van der Waals surface area contributed by atoms with E-state index in [1.807, 2.05) is 18.7 Å². The third-order valence-corrected chi connectivity index (χ3v) is 4.91. The summed E-state index contributed by atoms with van der Waals surface area (Å²) in [4.78, 5) is 19.2. The van der Waals surface area contributed by atoms with Crippen molar-refractivity contribution in [1.82, 2.24) is 15.5 Å². The number of nitrogens with zero attached hydrogens (tertiary/aromatic N) is 2. The van der Waals surface area contributed by atoms with Crippen LogP contribution in [-0.4, -0.2) is 61.7 Å². The number of rotatable bonds is 8. The van der Waals surface area contributed by atoms with Crippen LogP contribution in [0, 0.1) is 5.92 Å². The number of aliphatic imine (C=N–C) groups is 1. The van der Waals surface area contributed by atoms with Crippen LogP contribution in [0.3, 0.4) is 0 Å². The predicted octanol–water partition coefficient (Wildman–Crippen LogP) is 2.77. The Morgan fingerprint density at radius 2 is 2.00 bits per heavy atom. The summed E-state index contributed by atoms with van der Waals surface area (Å²) >= 11 is 0. The van der Waals surface area contributed by atoms with Crippen molar-refractivity contribution in [2.75, 3.05) is 32.8 Å². The minimum absolute atomic E-state index is 0. The summed E-state index contributed by atoms with van der Waals surface area (Å²) in [5, 5.41) is 6.80. The van der Waals surface area contributed by atoms with Crippen molar-refractivity contribution in [3.8, 4) is 0 Å². The lowest BCUT2D eigenvalue weighted by Gasteiger charge is -2.21. The molecule has 0 radical (unpaired) electrons. The molecular formula is C19H37IN4O2. The summed E-state index contributed by atoms with van der Waals surface area (Å²) in [6.07, 6.45) is 6.78. The molecule has 1 unspecified atom stereocenters. The van der Waals surface area contributed by atoms with Crippen LogP contribution in [0.1, 0.15) is 59.3 Å². The highest BCUT2D eigenvalue weighted by molar-refractivity contribution is 14.0. The van der Waals surface area contributed by atoms with Crippen molar-refractivity contribution in [3.05, 3.63) is 0 Å². The Morgan fingerprint density at radius 1 is 1.27 bits per heavy atom. The van der Waals surface area contributed by atoms with Crippen LogP contribution in [0.5, 0.6) is 0 Å². The molecule has 1 aliphatic heterocycles. The van der Waals surface area contributed by atoms with Gasteiger partial charge in [0.05, 0.1) is 6.10 Å². The number of amides is 1. The molecule has 1 amide bonds. The van der Waals surface area contributed by atoms with Crippen molar-refractivity contribution in [1.29, 1.82) is 0 Å². The highest BCUT2D eigenvalue weighted by Crippen LogP contribution is 2.27. The smallest absolute Gasteiger partial charge is 0.225 e. The van der Waals surface area contributed by atoms with Gasteiger partial charge < -0.3 is 20.3 Å². The van der Waals surface area contributed by atoms with Gasteiger partial charge in [-0.15, -0.1) is 24.0 Å². The van der Waals surface area contributed by atoms with Crippen LogP contribution in [0.25, 0.3) is 0 Å². The SMILES string of the molecule is CCNC(=NCCCOC(C)C)NC1CCN(C(=O)C2CCCC2)C1.I. The van der Waals surface area contributed by atoms with Gasteiger partial charge in [0, 0.05) is 44.7 Å². The van der Waals surface area contributed by atoms with E-state index in [1.54, 1.807) is 0 Å². The Labute approximate surface area is 175 Å². The fourth-order valence-corrected chi connectivity index (χ4v) is 3.60. The van der Waals surface area contributed by atoms with Gasteiger partial charge in [0.25, 0.3) is 0 Å². The molecule has 26 heavy (non-hydrogen) atoms. The van der Waals surface area contributed by atoms with Crippen molar-refractivity contribution in [2.24, 2.45) is 10.9 Å². The van der Waals surface area contributed by atoms with Gasteiger partial charge in [-0.1, -0.05) is 12.8 Å². The molecule has 2 aliphatic rings. The molecule has 1 atom stereocenters. The Bertz CT molecular complexity index is 439. The minimum Gasteiger partial charge on any atom is -0.379 e. The maximum Gasteiger partial charge on any atom is 0.225 e. The Balaban J connectivity index is 0.00000338. The zero-order chi connectivity index (χ0) is 18.1. The molecule has 152 valence electrons. The minimum atomic E-state index is 0. The Morgan fingerprint density at radius 3 is 2.65 bits per heavy atom. The van der Waals surface area contributed by atoms with Gasteiger partial charge in [-0.3, -0.25) is 9.79 Å². The van der Waals surface area contributed by atoms with E-state index in [4.69, 9.17) is 4.74 Å². The van der Waals surface area contributed by atoms with Crippen molar-refractivity contribution >= 4 is 35.8 Å². The maximum absolute atomic E-state index is 12.5. The number of carbonyl (C=O) groups excluding carboxylic acids is 1. The van der Waals surface area contributed by atoms with Crippen molar-refractivity contribution in [3.63, 3.8) is 0 Å². The number of nitrogens with one attached hydrogen (secondary N) is 2. The predicted molar refractivity (Wildman–Crippen MR) is 117 cm³/mol. The van der Waals surface area contributed by atoms with Gasteiger partial charge in [-0.2, -0.15) is 0 Å². The molecule has 6 nitrogen and oxygen atoms in total. The second-order valence-corrected chi connectivity index (χ2v) is 7.43. The lowest BCUT2D eigenvalue weighted by atomic mass is 10.1. The second-order valence-electron chi connectivity index (χ2n) is 7.43. The summed E-state index contributed by atoms with van der Waals surface area (Å²) in [6, 6.07) is 0.301. The quantitative estimate of drug-likeness (QED) is 0.243. The molecule has 1 saturated carbocycles. The van der Waals surface area contributed by atoms with Crippen LogP contribution in [-0.2, 0) is 9.53 Å². The van der Waals surface area contributed by atoms with Crippen LogP contribution < -0.4 is 10.6 Å². The number of ether oxygens (including phenoxy) is 1. The second kappa shape index (κ2) is 12.8. The number of likely N-dealkylation sites (tertiary alicyclic amines) is 1. The maximum atomic E-state index is 12.5. The molecule has 0 aromatic rings. The number of guanidine groups is 1. The molecule has 2 fully saturated rings. The third-order valence-electron chi connectivity index (χ3n) is 4.91. The largest absolute Gasteiger partial charge is 0.379 e. The van der Waals surface area contributed by atoms with Crippen LogP contribution >= 0.6 is 24.0 Å². The first-order chi connectivity index (χ1) is 12.1. The molecule has 1 saturated heterocycles. The zero-order valence-electron chi connectivity index (χ0n) is 16.6. The fraction of sp³-hybridized carbons (Fsp3) is 0.895. The average molecular weight is 480 g/mol.